The second-order valence-electron chi connectivity index (χ2n) is 7.08. The maximum absolute atomic E-state index is 5.54. The minimum Gasteiger partial charge on any atom is -0.454 e. The number of nitrogens with zero attached hydrogens (tertiary/aromatic N) is 2. The summed E-state index contributed by atoms with van der Waals surface area (Å²) < 4.78 is 11.0. The lowest BCUT2D eigenvalue weighted by Crippen LogP contribution is -2.39. The standard InChI is InChI=1S/C20H26N4O2S/c1-3-21-19(22-9-6-18-23-11-14(2)27-18)24-12-20(7-8-20)15-4-5-16-17(10-15)26-13-25-16/h4-5,10-11H,3,6-9,12-13H2,1-2H3,(H2,21,22,24). The Hall–Kier alpha value is -2.28. The van der Waals surface area contributed by atoms with Gasteiger partial charge in [-0.25, -0.2) is 4.98 Å². The molecule has 0 bridgehead atoms. The summed E-state index contributed by atoms with van der Waals surface area (Å²) in [6, 6.07) is 6.29. The average molecular weight is 387 g/mol. The number of aromatic nitrogens is 1. The lowest BCUT2D eigenvalue weighted by Gasteiger charge is -2.16. The van der Waals surface area contributed by atoms with Crippen molar-refractivity contribution in [3.63, 3.8) is 0 Å². The lowest BCUT2D eigenvalue weighted by molar-refractivity contribution is 0.174. The van der Waals surface area contributed by atoms with Crippen molar-refractivity contribution < 1.29 is 9.47 Å². The maximum atomic E-state index is 5.54. The Bertz CT molecular complexity index is 829. The molecule has 1 fully saturated rings. The molecule has 0 amide bonds. The summed E-state index contributed by atoms with van der Waals surface area (Å²) in [5.74, 6) is 2.56. The molecule has 2 heterocycles. The van der Waals surface area contributed by atoms with Crippen molar-refractivity contribution in [1.29, 1.82) is 0 Å². The minimum absolute atomic E-state index is 0.135. The van der Waals surface area contributed by atoms with Crippen molar-refractivity contribution in [2.45, 2.75) is 38.5 Å². The van der Waals surface area contributed by atoms with Gasteiger partial charge in [0.25, 0.3) is 0 Å². The van der Waals surface area contributed by atoms with Crippen LogP contribution in [0.25, 0.3) is 0 Å². The molecule has 1 saturated carbocycles. The smallest absolute Gasteiger partial charge is 0.231 e. The van der Waals surface area contributed by atoms with E-state index in [4.69, 9.17) is 14.5 Å². The summed E-state index contributed by atoms with van der Waals surface area (Å²) in [5, 5.41) is 7.94. The van der Waals surface area contributed by atoms with E-state index in [0.717, 1.165) is 61.4 Å². The van der Waals surface area contributed by atoms with Gasteiger partial charge >= 0.3 is 0 Å². The highest BCUT2D eigenvalue weighted by Gasteiger charge is 2.44. The first-order valence-electron chi connectivity index (χ1n) is 9.52. The van der Waals surface area contributed by atoms with E-state index in [0.29, 0.717) is 6.79 Å². The zero-order valence-electron chi connectivity index (χ0n) is 15.9. The predicted molar refractivity (Wildman–Crippen MR) is 108 cm³/mol. The van der Waals surface area contributed by atoms with Gasteiger partial charge in [-0.1, -0.05) is 6.07 Å². The number of thiazole rings is 1. The Morgan fingerprint density at radius 2 is 2.11 bits per heavy atom. The van der Waals surface area contributed by atoms with Crippen molar-refractivity contribution in [2.75, 3.05) is 26.4 Å². The number of hydrogen-bond acceptors (Lipinski definition) is 5. The first-order valence-corrected chi connectivity index (χ1v) is 10.3. The van der Waals surface area contributed by atoms with Crippen LogP contribution in [-0.4, -0.2) is 37.4 Å². The molecule has 0 radical (unpaired) electrons. The van der Waals surface area contributed by atoms with Gasteiger partial charge in [0.1, 0.15) is 0 Å². The van der Waals surface area contributed by atoms with Crippen molar-refractivity contribution in [3.05, 3.63) is 39.8 Å². The van der Waals surface area contributed by atoms with Gasteiger partial charge in [0.2, 0.25) is 6.79 Å². The Kier molecular flexibility index (Phi) is 5.20. The molecule has 0 spiro atoms. The van der Waals surface area contributed by atoms with Crippen LogP contribution in [0, 0.1) is 6.92 Å². The third-order valence-electron chi connectivity index (χ3n) is 5.02. The van der Waals surface area contributed by atoms with Gasteiger partial charge in [-0.2, -0.15) is 0 Å². The highest BCUT2D eigenvalue weighted by Crippen LogP contribution is 2.50. The van der Waals surface area contributed by atoms with Crippen LogP contribution in [0.4, 0.5) is 0 Å². The number of hydrogen-bond donors (Lipinski definition) is 2. The summed E-state index contributed by atoms with van der Waals surface area (Å²) in [5.41, 5.74) is 1.43. The van der Waals surface area contributed by atoms with E-state index in [-0.39, 0.29) is 5.41 Å². The normalized spacial score (nSPS) is 17.0. The van der Waals surface area contributed by atoms with Crippen LogP contribution in [0.2, 0.25) is 0 Å². The van der Waals surface area contributed by atoms with Gasteiger partial charge in [0.05, 0.1) is 11.6 Å². The topological polar surface area (TPSA) is 67.8 Å². The monoisotopic (exact) mass is 386 g/mol. The Morgan fingerprint density at radius 3 is 2.85 bits per heavy atom. The fourth-order valence-corrected chi connectivity index (χ4v) is 4.08. The van der Waals surface area contributed by atoms with Gasteiger partial charge in [-0.05, 0) is 44.4 Å². The average Bonchev–Trinajstić information content (AvgIpc) is 3.11. The molecule has 1 aromatic heterocycles. The molecule has 4 rings (SSSR count). The Morgan fingerprint density at radius 1 is 1.26 bits per heavy atom. The maximum Gasteiger partial charge on any atom is 0.231 e. The second kappa shape index (κ2) is 7.76. The molecule has 1 aromatic carbocycles. The molecule has 7 heteroatoms. The number of aryl methyl sites for hydroxylation is 1. The first kappa shape index (κ1) is 18.1. The molecule has 2 N–H and O–H groups in total. The van der Waals surface area contributed by atoms with Crippen molar-refractivity contribution in [3.8, 4) is 11.5 Å². The third kappa shape index (κ3) is 4.18. The number of fused-ring (bicyclic) bond motifs is 1. The molecule has 0 atom stereocenters. The fourth-order valence-electron chi connectivity index (χ4n) is 3.29. The number of rotatable bonds is 7. The van der Waals surface area contributed by atoms with E-state index < -0.39 is 0 Å². The zero-order chi connectivity index (χ0) is 18.7. The fraction of sp³-hybridized carbons (Fsp3) is 0.500. The summed E-state index contributed by atoms with van der Waals surface area (Å²) in [6.45, 7) is 6.95. The van der Waals surface area contributed by atoms with Crippen molar-refractivity contribution in [2.24, 2.45) is 4.99 Å². The molecule has 1 aliphatic heterocycles. The van der Waals surface area contributed by atoms with E-state index in [1.807, 2.05) is 12.3 Å². The largest absolute Gasteiger partial charge is 0.454 e. The van der Waals surface area contributed by atoms with E-state index in [1.54, 1.807) is 11.3 Å². The van der Waals surface area contributed by atoms with Crippen LogP contribution in [0.3, 0.4) is 0 Å². The van der Waals surface area contributed by atoms with E-state index in [1.165, 1.54) is 10.4 Å². The number of guanidine groups is 1. The molecule has 0 saturated heterocycles. The summed E-state index contributed by atoms with van der Waals surface area (Å²) >= 11 is 1.75. The van der Waals surface area contributed by atoms with Gasteiger partial charge in [-0.15, -0.1) is 11.3 Å². The SMILES string of the molecule is CCNC(=NCC1(c2ccc3c(c2)OCO3)CC1)NCCc1ncc(C)s1. The molecular formula is C20H26N4O2S. The highest BCUT2D eigenvalue weighted by atomic mass is 32.1. The molecule has 2 aliphatic rings. The number of ether oxygens (including phenoxy) is 2. The lowest BCUT2D eigenvalue weighted by atomic mass is 9.96. The molecule has 2 aromatic rings. The first-order chi connectivity index (χ1) is 13.2. The van der Waals surface area contributed by atoms with Gasteiger partial charge < -0.3 is 20.1 Å². The zero-order valence-corrected chi connectivity index (χ0v) is 16.7. The van der Waals surface area contributed by atoms with E-state index in [2.05, 4.69) is 41.6 Å². The minimum atomic E-state index is 0.135. The van der Waals surface area contributed by atoms with Crippen LogP contribution in [0.15, 0.2) is 29.4 Å². The molecular weight excluding hydrogens is 360 g/mol. The Balaban J connectivity index is 1.37. The molecule has 6 nitrogen and oxygen atoms in total. The van der Waals surface area contributed by atoms with Crippen LogP contribution in [-0.2, 0) is 11.8 Å². The van der Waals surface area contributed by atoms with Crippen LogP contribution < -0.4 is 20.1 Å². The highest BCUT2D eigenvalue weighted by molar-refractivity contribution is 7.11. The van der Waals surface area contributed by atoms with E-state index in [9.17, 15) is 0 Å². The number of aliphatic imine (C=N–C) groups is 1. The second-order valence-corrected chi connectivity index (χ2v) is 8.40. The van der Waals surface area contributed by atoms with Crippen LogP contribution in [0.5, 0.6) is 11.5 Å². The quantitative estimate of drug-likeness (QED) is 0.566. The summed E-state index contributed by atoms with van der Waals surface area (Å²) in [7, 11) is 0. The molecule has 144 valence electrons. The number of benzene rings is 1. The van der Waals surface area contributed by atoms with E-state index >= 15 is 0 Å². The Labute approximate surface area is 164 Å². The van der Waals surface area contributed by atoms with Crippen LogP contribution >= 0.6 is 11.3 Å². The number of nitrogens with one attached hydrogen (secondary N) is 2. The summed E-state index contributed by atoms with van der Waals surface area (Å²) in [6.07, 6.45) is 5.17. The molecule has 27 heavy (non-hydrogen) atoms. The van der Waals surface area contributed by atoms with Crippen LogP contribution in [0.1, 0.15) is 35.2 Å². The van der Waals surface area contributed by atoms with Gasteiger partial charge in [-0.3, -0.25) is 4.99 Å². The molecule has 1 aliphatic carbocycles. The van der Waals surface area contributed by atoms with Gasteiger partial charge in [0.15, 0.2) is 17.5 Å². The summed E-state index contributed by atoms with van der Waals surface area (Å²) in [4.78, 5) is 10.5. The molecule has 0 unspecified atom stereocenters. The van der Waals surface area contributed by atoms with Crippen molar-refractivity contribution >= 4 is 17.3 Å². The van der Waals surface area contributed by atoms with Gasteiger partial charge in [0, 0.05) is 36.0 Å². The van der Waals surface area contributed by atoms with Crippen molar-refractivity contribution in [1.82, 2.24) is 15.6 Å². The predicted octanol–water partition coefficient (Wildman–Crippen LogP) is 3.01. The third-order valence-corrected chi connectivity index (χ3v) is 6.00.